The van der Waals surface area contributed by atoms with Crippen molar-refractivity contribution in [3.05, 3.63) is 20.5 Å². The maximum atomic E-state index is 13.0. The fraction of sp³-hybridized carbons (Fsp3) is 0.286. The van der Waals surface area contributed by atoms with Gasteiger partial charge in [-0.3, -0.25) is 9.63 Å². The van der Waals surface area contributed by atoms with E-state index in [1.54, 1.807) is 0 Å². The van der Waals surface area contributed by atoms with Crippen molar-refractivity contribution in [3.63, 3.8) is 0 Å². The maximum Gasteiger partial charge on any atom is 0.290 e. The molecule has 0 N–H and O–H groups in total. The van der Waals surface area contributed by atoms with Crippen LogP contribution in [-0.2, 0) is 4.84 Å². The number of carbonyl (C=O) groups excluding carboxylic acids is 1. The summed E-state index contributed by atoms with van der Waals surface area (Å²) in [6.07, 6.45) is 0. The van der Waals surface area contributed by atoms with Crippen LogP contribution in [0.5, 0.6) is 0 Å². The van der Waals surface area contributed by atoms with Crippen molar-refractivity contribution in [1.82, 2.24) is 5.06 Å². The molecule has 0 unspecified atom stereocenters. The van der Waals surface area contributed by atoms with Crippen molar-refractivity contribution in [3.8, 4) is 0 Å². The lowest BCUT2D eigenvalue weighted by molar-refractivity contribution is -0.0756. The number of carbonyl (C=O) groups is 1. The van der Waals surface area contributed by atoms with Gasteiger partial charge in [0.2, 0.25) is 0 Å². The van der Waals surface area contributed by atoms with E-state index in [-0.39, 0.29) is 4.88 Å². The van der Waals surface area contributed by atoms with Crippen molar-refractivity contribution in [2.45, 2.75) is 0 Å². The predicted molar refractivity (Wildman–Crippen MR) is 51.1 cm³/mol. The van der Waals surface area contributed by atoms with E-state index in [0.717, 1.165) is 16.4 Å². The minimum absolute atomic E-state index is 0.0382. The van der Waals surface area contributed by atoms with Gasteiger partial charge in [-0.05, 0) is 22.0 Å². The Hall–Kier alpha value is -0.460. The second-order valence-electron chi connectivity index (χ2n) is 2.21. The van der Waals surface area contributed by atoms with E-state index in [1.165, 1.54) is 20.2 Å². The molecule has 1 aromatic rings. The third kappa shape index (κ3) is 2.26. The summed E-state index contributed by atoms with van der Waals surface area (Å²) in [7, 11) is 2.77. The number of amides is 1. The Morgan fingerprint density at radius 2 is 2.38 bits per heavy atom. The Balaban J connectivity index is 2.94. The summed E-state index contributed by atoms with van der Waals surface area (Å²) < 4.78 is 13.6. The summed E-state index contributed by atoms with van der Waals surface area (Å²) in [5, 5.41) is 0.974. The Kier molecular flexibility index (Phi) is 3.40. The number of hydrogen-bond acceptors (Lipinski definition) is 3. The van der Waals surface area contributed by atoms with Crippen molar-refractivity contribution in [1.29, 1.82) is 0 Å². The highest BCUT2D eigenvalue weighted by atomic mass is 79.9. The highest BCUT2D eigenvalue weighted by molar-refractivity contribution is 9.11. The SMILES string of the molecule is CON(C)C(=O)c1sc(Br)cc1F. The van der Waals surface area contributed by atoms with Gasteiger partial charge >= 0.3 is 0 Å². The molecule has 1 heterocycles. The fourth-order valence-electron chi connectivity index (χ4n) is 0.713. The first kappa shape index (κ1) is 10.6. The average molecular weight is 268 g/mol. The van der Waals surface area contributed by atoms with Crippen LogP contribution in [0.4, 0.5) is 4.39 Å². The van der Waals surface area contributed by atoms with Crippen molar-refractivity contribution >= 4 is 33.2 Å². The van der Waals surface area contributed by atoms with E-state index < -0.39 is 11.7 Å². The van der Waals surface area contributed by atoms with Gasteiger partial charge in [0.25, 0.3) is 5.91 Å². The summed E-state index contributed by atoms with van der Waals surface area (Å²) in [4.78, 5) is 16.0. The third-order valence-electron chi connectivity index (χ3n) is 1.41. The summed E-state index contributed by atoms with van der Waals surface area (Å²) >= 11 is 4.13. The third-order valence-corrected chi connectivity index (χ3v) is 3.01. The summed E-state index contributed by atoms with van der Waals surface area (Å²) in [6.45, 7) is 0. The van der Waals surface area contributed by atoms with Crippen molar-refractivity contribution < 1.29 is 14.0 Å². The van der Waals surface area contributed by atoms with Gasteiger partial charge in [-0.25, -0.2) is 9.45 Å². The minimum atomic E-state index is -0.536. The number of hydrogen-bond donors (Lipinski definition) is 0. The van der Waals surface area contributed by atoms with E-state index >= 15 is 0 Å². The van der Waals surface area contributed by atoms with E-state index in [0.29, 0.717) is 3.79 Å². The zero-order valence-corrected chi connectivity index (χ0v) is 9.41. The second kappa shape index (κ2) is 4.17. The van der Waals surface area contributed by atoms with Crippen LogP contribution in [-0.4, -0.2) is 25.1 Å². The zero-order valence-electron chi connectivity index (χ0n) is 7.01. The van der Waals surface area contributed by atoms with Crippen LogP contribution >= 0.6 is 27.3 Å². The second-order valence-corrected chi connectivity index (χ2v) is 4.64. The summed E-state index contributed by atoms with van der Waals surface area (Å²) in [6, 6.07) is 1.25. The Morgan fingerprint density at radius 3 is 2.77 bits per heavy atom. The number of thiophene rings is 1. The number of hydroxylamine groups is 2. The molecular formula is C7H7BrFNO2S. The topological polar surface area (TPSA) is 29.5 Å². The summed E-state index contributed by atoms with van der Waals surface area (Å²) in [5.74, 6) is -1.03. The quantitative estimate of drug-likeness (QED) is 0.770. The lowest BCUT2D eigenvalue weighted by Gasteiger charge is -2.11. The largest absolute Gasteiger partial charge is 0.290 e. The van der Waals surface area contributed by atoms with Gasteiger partial charge in [0.1, 0.15) is 10.7 Å². The van der Waals surface area contributed by atoms with Crippen LogP contribution in [0.1, 0.15) is 9.67 Å². The molecule has 1 aromatic heterocycles. The molecule has 0 radical (unpaired) electrons. The molecule has 3 nitrogen and oxygen atoms in total. The Labute approximate surface area is 87.2 Å². The molecule has 0 aliphatic heterocycles. The van der Waals surface area contributed by atoms with Gasteiger partial charge in [0, 0.05) is 7.05 Å². The Morgan fingerprint density at radius 1 is 1.77 bits per heavy atom. The van der Waals surface area contributed by atoms with Gasteiger partial charge in [0.15, 0.2) is 0 Å². The molecule has 0 aliphatic carbocycles. The van der Waals surface area contributed by atoms with Crippen molar-refractivity contribution in [2.24, 2.45) is 0 Å². The van der Waals surface area contributed by atoms with E-state index in [1.807, 2.05) is 0 Å². The molecule has 13 heavy (non-hydrogen) atoms. The smallest absolute Gasteiger partial charge is 0.274 e. The molecule has 6 heteroatoms. The molecular weight excluding hydrogens is 261 g/mol. The molecule has 1 rings (SSSR count). The van der Waals surface area contributed by atoms with Crippen LogP contribution in [0.3, 0.4) is 0 Å². The first-order valence-electron chi connectivity index (χ1n) is 3.33. The van der Waals surface area contributed by atoms with E-state index in [4.69, 9.17) is 0 Å². The molecule has 0 atom stereocenters. The van der Waals surface area contributed by atoms with Gasteiger partial charge in [-0.15, -0.1) is 11.3 Å². The highest BCUT2D eigenvalue weighted by Gasteiger charge is 2.19. The highest BCUT2D eigenvalue weighted by Crippen LogP contribution is 2.26. The Bertz CT molecular complexity index is 328. The zero-order chi connectivity index (χ0) is 10.0. The van der Waals surface area contributed by atoms with E-state index in [2.05, 4.69) is 20.8 Å². The number of halogens is 2. The molecule has 0 bridgehead atoms. The van der Waals surface area contributed by atoms with Gasteiger partial charge in [-0.2, -0.15) is 0 Å². The monoisotopic (exact) mass is 267 g/mol. The number of rotatable bonds is 2. The maximum absolute atomic E-state index is 13.0. The molecule has 0 saturated heterocycles. The molecule has 0 spiro atoms. The van der Waals surface area contributed by atoms with Crippen LogP contribution < -0.4 is 0 Å². The molecule has 0 aromatic carbocycles. The first-order valence-corrected chi connectivity index (χ1v) is 4.94. The van der Waals surface area contributed by atoms with Crippen LogP contribution in [0.2, 0.25) is 0 Å². The van der Waals surface area contributed by atoms with Crippen LogP contribution in [0.15, 0.2) is 9.85 Å². The normalized spacial score (nSPS) is 10.2. The molecule has 1 amide bonds. The number of nitrogens with zero attached hydrogens (tertiary/aromatic N) is 1. The minimum Gasteiger partial charge on any atom is -0.274 e. The average Bonchev–Trinajstić information content (AvgIpc) is 2.42. The van der Waals surface area contributed by atoms with Gasteiger partial charge in [-0.1, -0.05) is 0 Å². The van der Waals surface area contributed by atoms with Gasteiger partial charge in [0.05, 0.1) is 10.9 Å². The standard InChI is InChI=1S/C7H7BrFNO2S/c1-10(12-2)7(11)6-4(9)3-5(8)13-6/h3H,1-2H3. The molecule has 72 valence electrons. The fourth-order valence-corrected chi connectivity index (χ4v) is 2.13. The van der Waals surface area contributed by atoms with Crippen LogP contribution in [0.25, 0.3) is 0 Å². The molecule has 0 saturated carbocycles. The lowest BCUT2D eigenvalue weighted by Crippen LogP contribution is -2.25. The lowest BCUT2D eigenvalue weighted by atomic mass is 10.4. The van der Waals surface area contributed by atoms with E-state index in [9.17, 15) is 9.18 Å². The first-order chi connectivity index (χ1) is 6.06. The van der Waals surface area contributed by atoms with Crippen molar-refractivity contribution in [2.75, 3.05) is 14.2 Å². The van der Waals surface area contributed by atoms with Gasteiger partial charge < -0.3 is 0 Å². The molecule has 0 aliphatic rings. The van der Waals surface area contributed by atoms with Crippen LogP contribution in [0, 0.1) is 5.82 Å². The predicted octanol–water partition coefficient (Wildman–Crippen LogP) is 2.28. The molecule has 0 fully saturated rings. The summed E-state index contributed by atoms with van der Waals surface area (Å²) in [5.41, 5.74) is 0.